The van der Waals surface area contributed by atoms with Crippen LogP contribution in [0.3, 0.4) is 0 Å². The number of likely N-dealkylation sites (tertiary alicyclic amines) is 1. The highest BCUT2D eigenvalue weighted by molar-refractivity contribution is 4.93. The van der Waals surface area contributed by atoms with Gasteiger partial charge in [0.15, 0.2) is 5.82 Å². The Kier molecular flexibility index (Phi) is 3.79. The SMILES string of the molecule is CC(C)c1noc(CN2CC(CN)CC2C)n1. The first-order chi connectivity index (χ1) is 8.10. The molecule has 1 fully saturated rings. The molecule has 1 aromatic rings. The molecule has 1 aromatic heterocycles. The van der Waals surface area contributed by atoms with Gasteiger partial charge in [0.1, 0.15) is 0 Å². The van der Waals surface area contributed by atoms with Crippen molar-refractivity contribution in [3.8, 4) is 0 Å². The van der Waals surface area contributed by atoms with Crippen LogP contribution in [-0.2, 0) is 6.54 Å². The van der Waals surface area contributed by atoms with Gasteiger partial charge in [0.05, 0.1) is 6.54 Å². The summed E-state index contributed by atoms with van der Waals surface area (Å²) < 4.78 is 5.27. The number of hydrogen-bond acceptors (Lipinski definition) is 5. The summed E-state index contributed by atoms with van der Waals surface area (Å²) in [6, 6.07) is 0.554. The van der Waals surface area contributed by atoms with Gasteiger partial charge in [-0.25, -0.2) is 0 Å². The van der Waals surface area contributed by atoms with Gasteiger partial charge < -0.3 is 10.3 Å². The molecule has 96 valence electrons. The van der Waals surface area contributed by atoms with Crippen molar-refractivity contribution < 1.29 is 4.52 Å². The zero-order chi connectivity index (χ0) is 12.4. The molecule has 0 aromatic carbocycles. The van der Waals surface area contributed by atoms with E-state index in [9.17, 15) is 0 Å². The summed E-state index contributed by atoms with van der Waals surface area (Å²) in [6.07, 6.45) is 1.17. The number of aromatic nitrogens is 2. The van der Waals surface area contributed by atoms with E-state index in [1.807, 2.05) is 0 Å². The van der Waals surface area contributed by atoms with Crippen LogP contribution in [-0.4, -0.2) is 34.2 Å². The molecule has 2 rings (SSSR count). The molecule has 0 amide bonds. The normalized spacial score (nSPS) is 25.9. The van der Waals surface area contributed by atoms with Crippen LogP contribution in [0.4, 0.5) is 0 Å². The summed E-state index contributed by atoms with van der Waals surface area (Å²) in [4.78, 5) is 6.78. The van der Waals surface area contributed by atoms with Crippen molar-refractivity contribution in [2.24, 2.45) is 11.7 Å². The lowest BCUT2D eigenvalue weighted by Crippen LogP contribution is -2.27. The molecule has 1 aliphatic heterocycles. The van der Waals surface area contributed by atoms with Crippen molar-refractivity contribution in [2.75, 3.05) is 13.1 Å². The summed E-state index contributed by atoms with van der Waals surface area (Å²) >= 11 is 0. The van der Waals surface area contributed by atoms with Gasteiger partial charge in [0.2, 0.25) is 5.89 Å². The van der Waals surface area contributed by atoms with Crippen molar-refractivity contribution in [3.05, 3.63) is 11.7 Å². The van der Waals surface area contributed by atoms with Crippen molar-refractivity contribution in [1.29, 1.82) is 0 Å². The van der Waals surface area contributed by atoms with Crippen molar-refractivity contribution in [1.82, 2.24) is 15.0 Å². The van der Waals surface area contributed by atoms with Gasteiger partial charge >= 0.3 is 0 Å². The van der Waals surface area contributed by atoms with Gasteiger partial charge in [-0.2, -0.15) is 4.98 Å². The minimum Gasteiger partial charge on any atom is -0.338 e. The van der Waals surface area contributed by atoms with E-state index in [0.717, 1.165) is 31.3 Å². The Morgan fingerprint density at radius 2 is 2.29 bits per heavy atom. The predicted molar refractivity (Wildman–Crippen MR) is 65.4 cm³/mol. The van der Waals surface area contributed by atoms with Gasteiger partial charge in [-0.3, -0.25) is 4.90 Å². The van der Waals surface area contributed by atoms with Crippen molar-refractivity contribution >= 4 is 0 Å². The van der Waals surface area contributed by atoms with Crippen LogP contribution in [0.1, 0.15) is 44.8 Å². The van der Waals surface area contributed by atoms with E-state index in [4.69, 9.17) is 10.3 Å². The zero-order valence-corrected chi connectivity index (χ0v) is 10.9. The maximum atomic E-state index is 5.72. The minimum absolute atomic E-state index is 0.320. The van der Waals surface area contributed by atoms with Crippen molar-refractivity contribution in [2.45, 2.75) is 45.7 Å². The molecule has 0 bridgehead atoms. The fourth-order valence-corrected chi connectivity index (χ4v) is 2.35. The second kappa shape index (κ2) is 5.14. The third-order valence-electron chi connectivity index (χ3n) is 3.46. The maximum Gasteiger partial charge on any atom is 0.240 e. The van der Waals surface area contributed by atoms with Crippen molar-refractivity contribution in [3.63, 3.8) is 0 Å². The molecule has 2 N–H and O–H groups in total. The molecular weight excluding hydrogens is 216 g/mol. The summed E-state index contributed by atoms with van der Waals surface area (Å²) in [6.45, 7) is 8.92. The van der Waals surface area contributed by atoms with Crippen LogP contribution in [0.25, 0.3) is 0 Å². The highest BCUT2D eigenvalue weighted by atomic mass is 16.5. The molecule has 5 nitrogen and oxygen atoms in total. The smallest absolute Gasteiger partial charge is 0.240 e. The fraction of sp³-hybridized carbons (Fsp3) is 0.833. The molecule has 2 unspecified atom stereocenters. The fourth-order valence-electron chi connectivity index (χ4n) is 2.35. The van der Waals surface area contributed by atoms with Crippen LogP contribution in [0.15, 0.2) is 4.52 Å². The number of hydrogen-bond donors (Lipinski definition) is 1. The Hall–Kier alpha value is -0.940. The summed E-state index contributed by atoms with van der Waals surface area (Å²) in [5.41, 5.74) is 5.72. The van der Waals surface area contributed by atoms with Crippen LogP contribution in [0.5, 0.6) is 0 Å². The Balaban J connectivity index is 1.96. The predicted octanol–water partition coefficient (Wildman–Crippen LogP) is 1.36. The number of nitrogens with zero attached hydrogens (tertiary/aromatic N) is 3. The van der Waals surface area contributed by atoms with E-state index in [1.54, 1.807) is 0 Å². The Labute approximate surface area is 102 Å². The largest absolute Gasteiger partial charge is 0.338 e. The lowest BCUT2D eigenvalue weighted by atomic mass is 10.1. The van der Waals surface area contributed by atoms with Crippen LogP contribution in [0.2, 0.25) is 0 Å². The molecule has 1 saturated heterocycles. The third kappa shape index (κ3) is 2.84. The molecule has 2 atom stereocenters. The van der Waals surface area contributed by atoms with E-state index >= 15 is 0 Å². The standard InChI is InChI=1S/C12H22N4O/c1-8(2)12-14-11(17-15-12)7-16-6-10(5-13)4-9(16)3/h8-10H,4-7,13H2,1-3H3. The topological polar surface area (TPSA) is 68.2 Å². The van der Waals surface area contributed by atoms with Crippen LogP contribution >= 0.6 is 0 Å². The van der Waals surface area contributed by atoms with E-state index < -0.39 is 0 Å². The molecule has 0 radical (unpaired) electrons. The molecular formula is C12H22N4O. The third-order valence-corrected chi connectivity index (χ3v) is 3.46. The first kappa shape index (κ1) is 12.5. The van der Waals surface area contributed by atoms with E-state index in [2.05, 4.69) is 35.8 Å². The zero-order valence-electron chi connectivity index (χ0n) is 10.9. The average molecular weight is 238 g/mol. The minimum atomic E-state index is 0.320. The van der Waals surface area contributed by atoms with Gasteiger partial charge in [-0.15, -0.1) is 0 Å². The highest BCUT2D eigenvalue weighted by Gasteiger charge is 2.29. The van der Waals surface area contributed by atoms with Gasteiger partial charge in [0.25, 0.3) is 0 Å². The molecule has 0 aliphatic carbocycles. The second-order valence-corrected chi connectivity index (χ2v) is 5.32. The summed E-state index contributed by atoms with van der Waals surface area (Å²) in [5, 5.41) is 3.98. The maximum absolute atomic E-state index is 5.72. The first-order valence-corrected chi connectivity index (χ1v) is 6.36. The number of rotatable bonds is 4. The number of nitrogens with two attached hydrogens (primary N) is 1. The average Bonchev–Trinajstić information content (AvgIpc) is 2.87. The first-order valence-electron chi connectivity index (χ1n) is 6.36. The quantitative estimate of drug-likeness (QED) is 0.858. The monoisotopic (exact) mass is 238 g/mol. The summed E-state index contributed by atoms with van der Waals surface area (Å²) in [7, 11) is 0. The Morgan fingerprint density at radius 3 is 2.82 bits per heavy atom. The lowest BCUT2D eigenvalue weighted by Gasteiger charge is -2.18. The molecule has 0 saturated carbocycles. The lowest BCUT2D eigenvalue weighted by molar-refractivity contribution is 0.218. The van der Waals surface area contributed by atoms with Gasteiger partial charge in [-0.05, 0) is 25.8 Å². The molecule has 5 heteroatoms. The van der Waals surface area contributed by atoms with E-state index in [0.29, 0.717) is 17.9 Å². The van der Waals surface area contributed by atoms with Gasteiger partial charge in [0, 0.05) is 18.5 Å². The molecule has 2 heterocycles. The molecule has 0 spiro atoms. The second-order valence-electron chi connectivity index (χ2n) is 5.32. The Bertz CT molecular complexity index is 363. The van der Waals surface area contributed by atoms with Gasteiger partial charge in [-0.1, -0.05) is 19.0 Å². The Morgan fingerprint density at radius 1 is 1.53 bits per heavy atom. The van der Waals surface area contributed by atoms with Crippen LogP contribution in [0, 0.1) is 5.92 Å². The summed E-state index contributed by atoms with van der Waals surface area (Å²) in [5.74, 6) is 2.44. The van der Waals surface area contributed by atoms with Crippen LogP contribution < -0.4 is 5.73 Å². The molecule has 1 aliphatic rings. The highest BCUT2D eigenvalue weighted by Crippen LogP contribution is 2.23. The molecule has 17 heavy (non-hydrogen) atoms. The van der Waals surface area contributed by atoms with E-state index in [-0.39, 0.29) is 0 Å². The van der Waals surface area contributed by atoms with E-state index in [1.165, 1.54) is 6.42 Å².